The highest BCUT2D eigenvalue weighted by molar-refractivity contribution is 5.74. The van der Waals surface area contributed by atoms with Gasteiger partial charge in [-0.25, -0.2) is 0 Å². The van der Waals surface area contributed by atoms with E-state index < -0.39 is 24.4 Å². The maximum Gasteiger partial charge on any atom is 0.163 e. The first-order valence-electron chi connectivity index (χ1n) is 11.3. The molecule has 0 saturated heterocycles. The number of aldehydes is 1. The lowest BCUT2D eigenvalue weighted by Crippen LogP contribution is -2.37. The number of benzene rings is 3. The number of carbonyl (C=O) groups is 1. The van der Waals surface area contributed by atoms with Gasteiger partial charge in [0.15, 0.2) is 58.9 Å². The first-order chi connectivity index (χ1) is 17.5. The third-order valence-corrected chi connectivity index (χ3v) is 6.06. The summed E-state index contributed by atoms with van der Waals surface area (Å²) in [6, 6.07) is 14.7. The average molecular weight is 492 g/mol. The third-order valence-electron chi connectivity index (χ3n) is 6.06. The minimum Gasteiger partial charge on any atom is -0.504 e. The molecule has 0 radical (unpaired) electrons. The van der Waals surface area contributed by atoms with Crippen LogP contribution in [-0.4, -0.2) is 52.1 Å². The number of hydrogen-bond acceptors (Lipinski definition) is 9. The molecule has 9 nitrogen and oxygen atoms in total. The van der Waals surface area contributed by atoms with E-state index in [1.165, 1.54) is 18.2 Å². The number of carbonyl (C=O) groups excluding carboxylic acids is 1. The van der Waals surface area contributed by atoms with Crippen LogP contribution in [0.25, 0.3) is 6.08 Å². The molecule has 0 bridgehead atoms. The SMILES string of the molecule is O=C/C=C/c1ccc2c(c1)O[C@@H](c1ccc3c(c1)O[C@@H](CO)[C@@H](c1ccc(O)c(O)c1)O3)[C@H](CO)O2. The van der Waals surface area contributed by atoms with E-state index in [2.05, 4.69) is 0 Å². The Balaban J connectivity index is 1.43. The number of aliphatic hydroxyl groups excluding tert-OH is 2. The second-order valence-corrected chi connectivity index (χ2v) is 8.41. The van der Waals surface area contributed by atoms with Crippen LogP contribution in [0.3, 0.4) is 0 Å². The number of aromatic hydroxyl groups is 2. The van der Waals surface area contributed by atoms with Crippen molar-refractivity contribution in [2.24, 2.45) is 0 Å². The number of rotatable bonds is 6. The van der Waals surface area contributed by atoms with Crippen LogP contribution in [0.15, 0.2) is 60.7 Å². The smallest absolute Gasteiger partial charge is 0.163 e. The minimum atomic E-state index is -0.776. The number of fused-ring (bicyclic) bond motifs is 2. The van der Waals surface area contributed by atoms with E-state index in [0.29, 0.717) is 40.4 Å². The van der Waals surface area contributed by atoms with Gasteiger partial charge in [0.1, 0.15) is 6.29 Å². The molecule has 3 aromatic carbocycles. The largest absolute Gasteiger partial charge is 0.504 e. The quantitative estimate of drug-likeness (QED) is 0.233. The fourth-order valence-electron chi connectivity index (χ4n) is 4.28. The Morgan fingerprint density at radius 1 is 0.667 bits per heavy atom. The van der Waals surface area contributed by atoms with Crippen LogP contribution >= 0.6 is 0 Å². The van der Waals surface area contributed by atoms with Crippen molar-refractivity contribution in [2.45, 2.75) is 24.4 Å². The zero-order valence-electron chi connectivity index (χ0n) is 19.0. The molecule has 0 unspecified atom stereocenters. The lowest BCUT2D eigenvalue weighted by Gasteiger charge is -2.36. The summed E-state index contributed by atoms with van der Waals surface area (Å²) in [6.07, 6.45) is 0.868. The molecule has 9 heteroatoms. The standard InChI is InChI=1S/C27H24O9/c28-9-1-2-15-3-7-20-22(10-15)36-27(24(13-29)33-20)17-5-8-21-23(12-17)34-25(14-30)26(35-21)16-4-6-18(31)19(32)11-16/h1-12,24-27,29-32H,13-14H2/b2-1+/t24-,25-,26+,27-/m0/s1. The van der Waals surface area contributed by atoms with Crippen LogP contribution in [0, 0.1) is 0 Å². The van der Waals surface area contributed by atoms with Gasteiger partial charge >= 0.3 is 0 Å². The molecule has 0 amide bonds. The van der Waals surface area contributed by atoms with Crippen LogP contribution in [0.1, 0.15) is 28.9 Å². The van der Waals surface area contributed by atoms with Crippen LogP contribution in [0.4, 0.5) is 0 Å². The molecule has 2 aliphatic heterocycles. The second kappa shape index (κ2) is 9.80. The third kappa shape index (κ3) is 4.41. The molecule has 36 heavy (non-hydrogen) atoms. The Labute approximate surface area is 206 Å². The van der Waals surface area contributed by atoms with E-state index in [-0.39, 0.29) is 24.7 Å². The molecule has 0 spiro atoms. The Kier molecular flexibility index (Phi) is 6.41. The maximum absolute atomic E-state index is 10.6. The van der Waals surface area contributed by atoms with Crippen molar-refractivity contribution in [3.8, 4) is 34.5 Å². The number of aliphatic hydroxyl groups is 2. The Hall–Kier alpha value is -4.21. The van der Waals surface area contributed by atoms with Crippen molar-refractivity contribution in [3.63, 3.8) is 0 Å². The van der Waals surface area contributed by atoms with Crippen LogP contribution in [0.5, 0.6) is 34.5 Å². The minimum absolute atomic E-state index is 0.261. The molecule has 0 fully saturated rings. The second-order valence-electron chi connectivity index (χ2n) is 8.41. The zero-order valence-corrected chi connectivity index (χ0v) is 19.0. The summed E-state index contributed by atoms with van der Waals surface area (Å²) in [5.74, 6) is 1.17. The van der Waals surface area contributed by atoms with Gasteiger partial charge in [0.25, 0.3) is 0 Å². The Morgan fingerprint density at radius 2 is 1.25 bits per heavy atom. The van der Waals surface area contributed by atoms with Gasteiger partial charge in [-0.2, -0.15) is 0 Å². The Morgan fingerprint density at radius 3 is 1.94 bits per heavy atom. The molecule has 2 heterocycles. The van der Waals surface area contributed by atoms with Crippen molar-refractivity contribution < 1.29 is 44.2 Å². The number of hydrogen-bond donors (Lipinski definition) is 4. The summed E-state index contributed by atoms with van der Waals surface area (Å²) >= 11 is 0. The lowest BCUT2D eigenvalue weighted by molar-refractivity contribution is -0.104. The van der Waals surface area contributed by atoms with E-state index >= 15 is 0 Å². The van der Waals surface area contributed by atoms with E-state index in [4.69, 9.17) is 18.9 Å². The fourth-order valence-corrected chi connectivity index (χ4v) is 4.28. The van der Waals surface area contributed by atoms with Crippen molar-refractivity contribution in [1.29, 1.82) is 0 Å². The van der Waals surface area contributed by atoms with Crippen LogP contribution < -0.4 is 18.9 Å². The molecular weight excluding hydrogens is 468 g/mol. The summed E-state index contributed by atoms with van der Waals surface area (Å²) < 4.78 is 24.3. The number of ether oxygens (including phenoxy) is 4. The molecule has 2 aliphatic rings. The summed E-state index contributed by atoms with van der Waals surface area (Å²) in [7, 11) is 0. The van der Waals surface area contributed by atoms with Gasteiger partial charge in [-0.15, -0.1) is 0 Å². The maximum atomic E-state index is 10.6. The topological polar surface area (TPSA) is 135 Å². The summed E-state index contributed by atoms with van der Waals surface area (Å²) in [5.41, 5.74) is 1.94. The van der Waals surface area contributed by atoms with Gasteiger partial charge in [-0.3, -0.25) is 4.79 Å². The number of phenols is 2. The average Bonchev–Trinajstić information content (AvgIpc) is 2.91. The van der Waals surface area contributed by atoms with Gasteiger partial charge in [0.2, 0.25) is 0 Å². The highest BCUT2D eigenvalue weighted by Gasteiger charge is 2.36. The van der Waals surface area contributed by atoms with Crippen molar-refractivity contribution in [3.05, 3.63) is 77.4 Å². The van der Waals surface area contributed by atoms with Gasteiger partial charge in [0, 0.05) is 11.1 Å². The van der Waals surface area contributed by atoms with Gasteiger partial charge in [0.05, 0.1) is 13.2 Å². The van der Waals surface area contributed by atoms with Crippen LogP contribution in [0.2, 0.25) is 0 Å². The van der Waals surface area contributed by atoms with Crippen molar-refractivity contribution in [2.75, 3.05) is 13.2 Å². The number of phenolic OH excluding ortho intramolecular Hbond substituents is 2. The highest BCUT2D eigenvalue weighted by Crippen LogP contribution is 2.45. The predicted octanol–water partition coefficient (Wildman–Crippen LogP) is 3.06. The van der Waals surface area contributed by atoms with E-state index in [1.807, 2.05) is 0 Å². The number of allylic oxidation sites excluding steroid dienone is 1. The molecule has 3 aromatic rings. The van der Waals surface area contributed by atoms with E-state index in [0.717, 1.165) is 5.56 Å². The zero-order chi connectivity index (χ0) is 25.2. The first-order valence-corrected chi connectivity index (χ1v) is 11.3. The van der Waals surface area contributed by atoms with Gasteiger partial charge in [-0.1, -0.05) is 24.3 Å². The highest BCUT2D eigenvalue weighted by atomic mass is 16.6. The first kappa shape index (κ1) is 23.5. The van der Waals surface area contributed by atoms with E-state index in [9.17, 15) is 25.2 Å². The molecule has 4 N–H and O–H groups in total. The van der Waals surface area contributed by atoms with Gasteiger partial charge in [-0.05, 0) is 48.0 Å². The van der Waals surface area contributed by atoms with Crippen molar-refractivity contribution >= 4 is 12.4 Å². The Bertz CT molecular complexity index is 1300. The molecule has 0 aromatic heterocycles. The molecule has 4 atom stereocenters. The summed E-state index contributed by atoms with van der Waals surface area (Å²) in [4.78, 5) is 10.6. The summed E-state index contributed by atoms with van der Waals surface area (Å²) in [6.45, 7) is -0.653. The molecule has 186 valence electrons. The molecule has 0 saturated carbocycles. The van der Waals surface area contributed by atoms with Crippen molar-refractivity contribution in [1.82, 2.24) is 0 Å². The fraction of sp³-hybridized carbons (Fsp3) is 0.222. The molecule has 0 aliphatic carbocycles. The van der Waals surface area contributed by atoms with Crippen LogP contribution in [-0.2, 0) is 4.79 Å². The normalized spacial score (nSPS) is 22.4. The predicted molar refractivity (Wildman–Crippen MR) is 127 cm³/mol. The monoisotopic (exact) mass is 492 g/mol. The van der Waals surface area contributed by atoms with E-state index in [1.54, 1.807) is 48.5 Å². The molecule has 5 rings (SSSR count). The van der Waals surface area contributed by atoms with Gasteiger partial charge < -0.3 is 39.4 Å². The summed E-state index contributed by atoms with van der Waals surface area (Å²) in [5, 5.41) is 39.4. The molecular formula is C27H24O9. The lowest BCUT2D eigenvalue weighted by atomic mass is 10.00.